The van der Waals surface area contributed by atoms with Gasteiger partial charge in [-0.1, -0.05) is 5.16 Å². The first-order valence-electron chi connectivity index (χ1n) is 7.05. The second-order valence-corrected chi connectivity index (χ2v) is 5.88. The maximum atomic E-state index is 10.7. The molecule has 0 aliphatic rings. The van der Waals surface area contributed by atoms with Crippen molar-refractivity contribution in [3.63, 3.8) is 0 Å². The average molecular weight is 442 g/mol. The molecule has 0 heterocycles. The number of benzene rings is 2. The first-order chi connectivity index (χ1) is 11.5. The zero-order chi connectivity index (χ0) is 17.5. The van der Waals surface area contributed by atoms with Crippen molar-refractivity contribution >= 4 is 34.5 Å². The zero-order valence-corrected chi connectivity index (χ0v) is 15.0. The summed E-state index contributed by atoms with van der Waals surface area (Å²) < 4.78 is 12.2. The highest BCUT2D eigenvalue weighted by molar-refractivity contribution is 14.1. The molecule has 2 rings (SSSR count). The van der Waals surface area contributed by atoms with Gasteiger partial charge in [0.15, 0.2) is 11.5 Å². The minimum Gasteiger partial charge on any atom is -0.490 e. The van der Waals surface area contributed by atoms with Crippen LogP contribution in [-0.4, -0.2) is 23.0 Å². The normalized spacial score (nSPS) is 10.8. The Morgan fingerprint density at radius 2 is 2.00 bits per heavy atom. The van der Waals surface area contributed by atoms with Crippen molar-refractivity contribution in [3.8, 4) is 11.5 Å². The molecule has 7 nitrogen and oxygen atoms in total. The van der Waals surface area contributed by atoms with Crippen molar-refractivity contribution in [2.45, 2.75) is 13.5 Å². The summed E-state index contributed by atoms with van der Waals surface area (Å²) in [6, 6.07) is 9.70. The second-order valence-electron chi connectivity index (χ2n) is 4.72. The van der Waals surface area contributed by atoms with Crippen LogP contribution in [-0.2, 0) is 6.61 Å². The number of oxime groups is 1. The Kier molecular flexibility index (Phi) is 6.36. The lowest BCUT2D eigenvalue weighted by Crippen LogP contribution is -2.02. The molecule has 0 saturated heterocycles. The molecule has 0 saturated carbocycles. The highest BCUT2D eigenvalue weighted by Crippen LogP contribution is 2.34. The largest absolute Gasteiger partial charge is 0.490 e. The summed E-state index contributed by atoms with van der Waals surface area (Å²) in [6.45, 7) is 2.57. The zero-order valence-electron chi connectivity index (χ0n) is 12.8. The van der Waals surface area contributed by atoms with Crippen molar-refractivity contribution in [2.75, 3.05) is 6.61 Å². The smallest absolute Gasteiger partial charge is 0.269 e. The molecule has 8 heteroatoms. The average Bonchev–Trinajstić information content (AvgIpc) is 2.55. The molecule has 126 valence electrons. The molecule has 0 atom stereocenters. The Hall–Kier alpha value is -2.36. The molecule has 1 N–H and O–H groups in total. The molecule has 0 radical (unpaired) electrons. The van der Waals surface area contributed by atoms with Crippen LogP contribution in [0.3, 0.4) is 0 Å². The molecule has 0 bridgehead atoms. The Bertz CT molecular complexity index is 747. The van der Waals surface area contributed by atoms with Gasteiger partial charge < -0.3 is 14.7 Å². The van der Waals surface area contributed by atoms with Crippen LogP contribution in [0.15, 0.2) is 41.6 Å². The lowest BCUT2D eigenvalue weighted by molar-refractivity contribution is -0.384. The summed E-state index contributed by atoms with van der Waals surface area (Å²) in [5.41, 5.74) is 1.53. The molecule has 0 amide bonds. The summed E-state index contributed by atoms with van der Waals surface area (Å²) in [5, 5.41) is 22.3. The van der Waals surface area contributed by atoms with Crippen LogP contribution in [0.4, 0.5) is 5.69 Å². The van der Waals surface area contributed by atoms with Crippen molar-refractivity contribution in [1.29, 1.82) is 0 Å². The van der Waals surface area contributed by atoms with Crippen LogP contribution in [0.25, 0.3) is 0 Å². The van der Waals surface area contributed by atoms with Gasteiger partial charge >= 0.3 is 0 Å². The SMILES string of the molecule is CCOc1cc(/C=N/O)cc(I)c1OCc1ccc([N+](=O)[O-])cc1. The topological polar surface area (TPSA) is 94.2 Å². The van der Waals surface area contributed by atoms with E-state index in [1.807, 2.05) is 6.92 Å². The van der Waals surface area contributed by atoms with E-state index < -0.39 is 4.92 Å². The molecule has 2 aromatic carbocycles. The third-order valence-electron chi connectivity index (χ3n) is 3.07. The van der Waals surface area contributed by atoms with Gasteiger partial charge in [0.05, 0.1) is 21.3 Å². The van der Waals surface area contributed by atoms with E-state index in [9.17, 15) is 10.1 Å². The monoisotopic (exact) mass is 442 g/mol. The minimum absolute atomic E-state index is 0.0379. The van der Waals surface area contributed by atoms with Gasteiger partial charge in [-0.25, -0.2) is 0 Å². The molecule has 0 spiro atoms. The number of hydrogen-bond donors (Lipinski definition) is 1. The van der Waals surface area contributed by atoms with Crippen LogP contribution >= 0.6 is 22.6 Å². The predicted molar refractivity (Wildman–Crippen MR) is 97.1 cm³/mol. The first-order valence-corrected chi connectivity index (χ1v) is 8.13. The Morgan fingerprint density at radius 3 is 2.58 bits per heavy atom. The summed E-state index contributed by atoms with van der Waals surface area (Å²) in [7, 11) is 0. The summed E-state index contributed by atoms with van der Waals surface area (Å²) in [4.78, 5) is 10.2. The van der Waals surface area contributed by atoms with E-state index in [1.165, 1.54) is 18.3 Å². The van der Waals surface area contributed by atoms with Crippen LogP contribution in [0.1, 0.15) is 18.1 Å². The molecular weight excluding hydrogens is 427 g/mol. The van der Waals surface area contributed by atoms with Gasteiger partial charge in [-0.15, -0.1) is 0 Å². The van der Waals surface area contributed by atoms with Crippen LogP contribution in [0, 0.1) is 13.7 Å². The van der Waals surface area contributed by atoms with Gasteiger partial charge in [0.25, 0.3) is 5.69 Å². The maximum Gasteiger partial charge on any atom is 0.269 e. The molecule has 2 aromatic rings. The van der Waals surface area contributed by atoms with E-state index >= 15 is 0 Å². The van der Waals surface area contributed by atoms with Crippen molar-refractivity contribution in [3.05, 3.63) is 61.2 Å². The quantitative estimate of drug-likeness (QED) is 0.230. The Labute approximate surface area is 152 Å². The fraction of sp³-hybridized carbons (Fsp3) is 0.188. The fourth-order valence-electron chi connectivity index (χ4n) is 2.00. The van der Waals surface area contributed by atoms with Gasteiger partial charge in [-0.05, 0) is 59.3 Å². The highest BCUT2D eigenvalue weighted by atomic mass is 127. The molecule has 0 fully saturated rings. The van der Waals surface area contributed by atoms with Gasteiger partial charge in [-0.2, -0.15) is 0 Å². The number of nitrogens with zero attached hydrogens (tertiary/aromatic N) is 2. The minimum atomic E-state index is -0.442. The van der Waals surface area contributed by atoms with Gasteiger partial charge in [-0.3, -0.25) is 10.1 Å². The maximum absolute atomic E-state index is 10.7. The van der Waals surface area contributed by atoms with E-state index in [2.05, 4.69) is 27.7 Å². The molecule has 0 unspecified atom stereocenters. The third kappa shape index (κ3) is 4.57. The van der Waals surface area contributed by atoms with E-state index in [-0.39, 0.29) is 12.3 Å². The predicted octanol–water partition coefficient (Wildman–Crippen LogP) is 3.99. The number of non-ortho nitro benzene ring substituents is 1. The fourth-order valence-corrected chi connectivity index (χ4v) is 2.78. The van der Waals surface area contributed by atoms with Crippen LogP contribution in [0.2, 0.25) is 0 Å². The van der Waals surface area contributed by atoms with E-state index in [0.29, 0.717) is 23.7 Å². The molecule has 0 aromatic heterocycles. The number of nitro groups is 1. The summed E-state index contributed by atoms with van der Waals surface area (Å²) >= 11 is 2.11. The first kappa shape index (κ1) is 18.0. The summed E-state index contributed by atoms with van der Waals surface area (Å²) in [6.07, 6.45) is 1.31. The van der Waals surface area contributed by atoms with E-state index in [4.69, 9.17) is 14.7 Å². The summed E-state index contributed by atoms with van der Waals surface area (Å²) in [5.74, 6) is 1.12. The van der Waals surface area contributed by atoms with Crippen molar-refractivity contribution < 1.29 is 19.6 Å². The van der Waals surface area contributed by atoms with E-state index in [1.54, 1.807) is 24.3 Å². The van der Waals surface area contributed by atoms with Gasteiger partial charge in [0, 0.05) is 17.7 Å². The number of hydrogen-bond acceptors (Lipinski definition) is 6. The van der Waals surface area contributed by atoms with Crippen LogP contribution in [0.5, 0.6) is 11.5 Å². The van der Waals surface area contributed by atoms with Crippen molar-refractivity contribution in [1.82, 2.24) is 0 Å². The lowest BCUT2D eigenvalue weighted by atomic mass is 10.2. The van der Waals surface area contributed by atoms with Crippen LogP contribution < -0.4 is 9.47 Å². The number of rotatable bonds is 7. The Morgan fingerprint density at radius 1 is 1.29 bits per heavy atom. The second kappa shape index (κ2) is 8.48. The molecule has 24 heavy (non-hydrogen) atoms. The lowest BCUT2D eigenvalue weighted by Gasteiger charge is -2.14. The Balaban J connectivity index is 2.20. The van der Waals surface area contributed by atoms with Crippen molar-refractivity contribution in [2.24, 2.45) is 5.16 Å². The van der Waals surface area contributed by atoms with Gasteiger partial charge in [0.2, 0.25) is 0 Å². The number of nitro benzene ring substituents is 1. The van der Waals surface area contributed by atoms with E-state index in [0.717, 1.165) is 9.13 Å². The number of halogens is 1. The van der Waals surface area contributed by atoms with Gasteiger partial charge in [0.1, 0.15) is 6.61 Å². The number of ether oxygens (including phenoxy) is 2. The highest BCUT2D eigenvalue weighted by Gasteiger charge is 2.12. The molecule has 0 aliphatic heterocycles. The molecular formula is C16H15IN2O5. The molecule has 0 aliphatic carbocycles. The third-order valence-corrected chi connectivity index (χ3v) is 3.87. The standard InChI is InChI=1S/C16H15IN2O5/c1-2-23-15-8-12(9-18-20)7-14(17)16(15)24-10-11-3-5-13(6-4-11)19(21)22/h3-9,20H,2,10H2,1H3/b18-9+.